The van der Waals surface area contributed by atoms with E-state index in [1.807, 2.05) is 89.8 Å². The van der Waals surface area contributed by atoms with E-state index in [0.29, 0.717) is 60.5 Å². The van der Waals surface area contributed by atoms with Crippen LogP contribution in [0.5, 0.6) is 5.75 Å². The minimum Gasteiger partial charge on any atom is -0.495 e. The number of carbonyl (C=O) groups excluding carboxylic acids is 3. The first kappa shape index (κ1) is 37.6. The summed E-state index contributed by atoms with van der Waals surface area (Å²) in [7, 11) is 1.58. The van der Waals surface area contributed by atoms with Gasteiger partial charge in [0, 0.05) is 42.2 Å². The van der Waals surface area contributed by atoms with E-state index in [1.165, 1.54) is 0 Å². The zero-order chi connectivity index (χ0) is 40.2. The summed E-state index contributed by atoms with van der Waals surface area (Å²) in [4.78, 5) is 45.8. The van der Waals surface area contributed by atoms with Gasteiger partial charge in [0.05, 0.1) is 30.8 Å². The predicted molar refractivity (Wildman–Crippen MR) is 218 cm³/mol. The quantitative estimate of drug-likeness (QED) is 0.140. The summed E-state index contributed by atoms with van der Waals surface area (Å²) >= 11 is 0. The van der Waals surface area contributed by atoms with Crippen molar-refractivity contribution in [2.75, 3.05) is 43.2 Å². The molecule has 0 unspecified atom stereocenters. The van der Waals surface area contributed by atoms with Crippen molar-refractivity contribution in [2.24, 2.45) is 11.7 Å². The molecule has 1 aliphatic heterocycles. The first-order valence-electron chi connectivity index (χ1n) is 18.8. The van der Waals surface area contributed by atoms with Gasteiger partial charge in [0.25, 0.3) is 0 Å². The highest BCUT2D eigenvalue weighted by Crippen LogP contribution is 2.30. The lowest BCUT2D eigenvalue weighted by molar-refractivity contribution is -0.143. The van der Waals surface area contributed by atoms with Gasteiger partial charge in [0.2, 0.25) is 29.6 Å². The number of benzene rings is 3. The molecule has 1 aliphatic carbocycles. The number of nitrogens with one attached hydrogen (secondary N) is 2. The standard InChI is InChI=1S/C25H24N6O3.C17H17N5O2/c1-34-21-12-11-18(23(26)32)13-19(21)27-14-15-5-7-16(8-6-15)20-3-2-4-22-28-25(30-31(20)22)29-24(33)17-9-10-17;18-17-19-15-3-1-2-14(22(15)20-17)13-6-4-12(5-7-13)10-21-8-9-24-11-16(21)23/h2-8,11-13,17,27H,9-10,14H2,1H3,(H2,26,32)(H,29,30,33);1-7H,8-11H2,(H2,18,20). The summed E-state index contributed by atoms with van der Waals surface area (Å²) < 4.78 is 14.0. The van der Waals surface area contributed by atoms with E-state index in [4.69, 9.17) is 20.9 Å². The second kappa shape index (κ2) is 16.4. The molecule has 3 aromatic carbocycles. The number of morpholine rings is 1. The number of nitrogens with zero attached hydrogens (tertiary/aromatic N) is 7. The first-order valence-corrected chi connectivity index (χ1v) is 18.8. The summed E-state index contributed by atoms with van der Waals surface area (Å²) in [5, 5.41) is 14.8. The van der Waals surface area contributed by atoms with Crippen LogP contribution in [0, 0.1) is 5.92 Å². The van der Waals surface area contributed by atoms with Crippen molar-refractivity contribution in [3.63, 3.8) is 0 Å². The minimum absolute atomic E-state index is 0.0210. The maximum atomic E-state index is 12.1. The highest BCUT2D eigenvalue weighted by Gasteiger charge is 2.30. The van der Waals surface area contributed by atoms with E-state index in [9.17, 15) is 14.4 Å². The van der Waals surface area contributed by atoms with Crippen molar-refractivity contribution in [1.29, 1.82) is 0 Å². The van der Waals surface area contributed by atoms with E-state index in [0.717, 1.165) is 46.5 Å². The molecule has 5 heterocycles. The molecule has 0 spiro atoms. The third-order valence-electron chi connectivity index (χ3n) is 9.84. The fourth-order valence-corrected chi connectivity index (χ4v) is 6.58. The molecule has 294 valence electrons. The lowest BCUT2D eigenvalue weighted by Crippen LogP contribution is -2.40. The van der Waals surface area contributed by atoms with E-state index >= 15 is 0 Å². The van der Waals surface area contributed by atoms with Crippen LogP contribution in [0.25, 0.3) is 33.8 Å². The number of amides is 3. The van der Waals surface area contributed by atoms with Crippen LogP contribution < -0.4 is 26.8 Å². The van der Waals surface area contributed by atoms with Crippen molar-refractivity contribution in [1.82, 2.24) is 34.1 Å². The minimum atomic E-state index is -0.493. The molecule has 16 nitrogen and oxygen atoms in total. The van der Waals surface area contributed by atoms with Crippen molar-refractivity contribution in [2.45, 2.75) is 25.9 Å². The number of hydrogen-bond acceptors (Lipinski definition) is 11. The van der Waals surface area contributed by atoms with Gasteiger partial charge < -0.3 is 31.2 Å². The number of fused-ring (bicyclic) bond motifs is 2. The van der Waals surface area contributed by atoms with Gasteiger partial charge in [-0.15, -0.1) is 10.2 Å². The Morgan fingerprint density at radius 3 is 2.14 bits per heavy atom. The summed E-state index contributed by atoms with van der Waals surface area (Å²) in [6.45, 7) is 2.54. The van der Waals surface area contributed by atoms with E-state index in [1.54, 1.807) is 34.3 Å². The molecule has 6 N–H and O–H groups in total. The van der Waals surface area contributed by atoms with Crippen molar-refractivity contribution < 1.29 is 23.9 Å². The number of ether oxygens (including phenoxy) is 2. The number of nitrogen functional groups attached to an aromatic ring is 1. The zero-order valence-electron chi connectivity index (χ0n) is 31.7. The lowest BCUT2D eigenvalue weighted by Gasteiger charge is -2.26. The molecule has 1 saturated carbocycles. The Bertz CT molecular complexity index is 2620. The van der Waals surface area contributed by atoms with Crippen molar-refractivity contribution in [3.8, 4) is 28.3 Å². The van der Waals surface area contributed by atoms with Gasteiger partial charge in [0.15, 0.2) is 11.3 Å². The number of aromatic nitrogens is 6. The molecule has 2 fully saturated rings. The number of methoxy groups -OCH3 is 1. The normalized spacial score (nSPS) is 13.9. The summed E-state index contributed by atoms with van der Waals surface area (Å²) in [6.07, 6.45) is 1.85. The average Bonchev–Trinajstić information content (AvgIpc) is 3.90. The topological polar surface area (TPSA) is 209 Å². The molecule has 0 atom stereocenters. The van der Waals surface area contributed by atoms with E-state index < -0.39 is 5.91 Å². The summed E-state index contributed by atoms with van der Waals surface area (Å²) in [5.74, 6) is 0.810. The molecule has 0 bridgehead atoms. The number of primary amides is 1. The van der Waals surface area contributed by atoms with Crippen LogP contribution in [0.1, 0.15) is 34.3 Å². The van der Waals surface area contributed by atoms with Crippen LogP contribution in [0.4, 0.5) is 17.6 Å². The van der Waals surface area contributed by atoms with Gasteiger partial charge in [-0.2, -0.15) is 9.97 Å². The summed E-state index contributed by atoms with van der Waals surface area (Å²) in [5.41, 5.74) is 19.5. The molecule has 16 heteroatoms. The number of rotatable bonds is 11. The average molecular weight is 780 g/mol. The first-order chi connectivity index (χ1) is 28.2. The van der Waals surface area contributed by atoms with Crippen molar-refractivity contribution >= 4 is 46.6 Å². The number of hydrogen-bond donors (Lipinski definition) is 4. The Balaban J connectivity index is 0.000000172. The molecule has 58 heavy (non-hydrogen) atoms. The van der Waals surface area contributed by atoms with Gasteiger partial charge >= 0.3 is 0 Å². The molecular formula is C42H41N11O5. The Morgan fingerprint density at radius 1 is 0.845 bits per heavy atom. The molecule has 3 amide bonds. The van der Waals surface area contributed by atoms with Crippen LogP contribution in [0.2, 0.25) is 0 Å². The largest absolute Gasteiger partial charge is 0.495 e. The smallest absolute Gasteiger partial charge is 0.249 e. The van der Waals surface area contributed by atoms with Crippen LogP contribution in [-0.2, 0) is 27.4 Å². The van der Waals surface area contributed by atoms with Gasteiger partial charge in [0.1, 0.15) is 12.4 Å². The highest BCUT2D eigenvalue weighted by molar-refractivity contribution is 5.94. The number of carbonyl (C=O) groups is 3. The fraction of sp³-hybridized carbons (Fsp3) is 0.214. The highest BCUT2D eigenvalue weighted by atomic mass is 16.5. The maximum Gasteiger partial charge on any atom is 0.249 e. The molecule has 7 aromatic rings. The molecule has 4 aromatic heterocycles. The van der Waals surface area contributed by atoms with Crippen molar-refractivity contribution in [3.05, 3.63) is 120 Å². The monoisotopic (exact) mass is 779 g/mol. The SMILES string of the molecule is COc1ccc(C(N)=O)cc1NCc1ccc(-c2cccc3nc(NC(=O)C4CC4)nn23)cc1.Nc1nc2cccc(-c3ccc(CN4CCOCC4=O)cc3)n2n1. The second-order valence-electron chi connectivity index (χ2n) is 13.9. The lowest BCUT2D eigenvalue weighted by atomic mass is 10.1. The Kier molecular flexibility index (Phi) is 10.6. The Labute approximate surface area is 332 Å². The molecular weight excluding hydrogens is 739 g/mol. The van der Waals surface area contributed by atoms with Crippen LogP contribution >= 0.6 is 0 Å². The van der Waals surface area contributed by atoms with Crippen LogP contribution in [0.3, 0.4) is 0 Å². The van der Waals surface area contributed by atoms with Gasteiger partial charge in [-0.05, 0) is 66.4 Å². The van der Waals surface area contributed by atoms with Gasteiger partial charge in [-0.25, -0.2) is 9.03 Å². The number of pyridine rings is 2. The predicted octanol–water partition coefficient (Wildman–Crippen LogP) is 4.80. The van der Waals surface area contributed by atoms with E-state index in [-0.39, 0.29) is 30.3 Å². The molecule has 9 rings (SSSR count). The molecule has 1 saturated heterocycles. The van der Waals surface area contributed by atoms with Crippen LogP contribution in [-0.4, -0.2) is 78.7 Å². The second-order valence-corrected chi connectivity index (χ2v) is 13.9. The van der Waals surface area contributed by atoms with E-state index in [2.05, 4.69) is 30.8 Å². The Morgan fingerprint density at radius 2 is 1.50 bits per heavy atom. The third kappa shape index (κ3) is 8.41. The summed E-state index contributed by atoms with van der Waals surface area (Å²) in [6, 6.07) is 32.7. The van der Waals surface area contributed by atoms with Gasteiger partial charge in [-0.1, -0.05) is 60.7 Å². The number of nitrogens with two attached hydrogens (primary N) is 2. The number of anilines is 3. The van der Waals surface area contributed by atoms with Crippen LogP contribution in [0.15, 0.2) is 103 Å². The third-order valence-corrected chi connectivity index (χ3v) is 9.84. The zero-order valence-corrected chi connectivity index (χ0v) is 31.7. The molecule has 0 radical (unpaired) electrons. The Hall–Kier alpha value is -7.33. The maximum absolute atomic E-state index is 12.1. The van der Waals surface area contributed by atoms with Gasteiger partial charge in [-0.3, -0.25) is 19.7 Å². The molecule has 2 aliphatic rings. The fourth-order valence-electron chi connectivity index (χ4n) is 6.58.